The van der Waals surface area contributed by atoms with Crippen LogP contribution in [0.3, 0.4) is 0 Å². The van der Waals surface area contributed by atoms with Crippen molar-refractivity contribution in [2.75, 3.05) is 19.6 Å². The summed E-state index contributed by atoms with van der Waals surface area (Å²) < 4.78 is 53.9. The summed E-state index contributed by atoms with van der Waals surface area (Å²) in [7, 11) is 0. The van der Waals surface area contributed by atoms with Crippen molar-refractivity contribution in [2.24, 2.45) is 5.41 Å². The smallest absolute Gasteiger partial charge is 0.376 e. The van der Waals surface area contributed by atoms with Crippen molar-refractivity contribution in [3.63, 3.8) is 0 Å². The molecular formula is C25H26F4N2O3. The molecule has 2 atom stereocenters. The molecule has 5 nitrogen and oxygen atoms in total. The Bertz CT molecular complexity index is 1070. The summed E-state index contributed by atoms with van der Waals surface area (Å²) in [6.45, 7) is 1.84. The van der Waals surface area contributed by atoms with Crippen molar-refractivity contribution in [3.8, 4) is 0 Å². The number of hydrogen-bond donors (Lipinski definition) is 2. The van der Waals surface area contributed by atoms with Gasteiger partial charge in [-0.15, -0.1) is 0 Å². The number of nitrogens with zero attached hydrogens (tertiary/aromatic N) is 1. The highest BCUT2D eigenvalue weighted by molar-refractivity contribution is 5.86. The fraction of sp³-hybridized carbons (Fsp3) is 0.440. The molecule has 2 aliphatic heterocycles. The molecule has 4 rings (SSSR count). The van der Waals surface area contributed by atoms with Crippen molar-refractivity contribution in [1.82, 2.24) is 10.2 Å². The number of carbonyl (C=O) groups is 2. The van der Waals surface area contributed by atoms with E-state index in [9.17, 15) is 32.3 Å². The first-order chi connectivity index (χ1) is 15.9. The SMILES string of the molecule is C[C@@](O)(C(=O)N1CCC2(CC1)CC(=O)NC[C@H]2c1ccc(F)cc1)c1ccccc1C(F)(F)F. The lowest BCUT2D eigenvalue weighted by Gasteiger charge is -2.49. The van der Waals surface area contributed by atoms with Crippen molar-refractivity contribution in [3.05, 3.63) is 71.0 Å². The monoisotopic (exact) mass is 478 g/mol. The van der Waals surface area contributed by atoms with Crippen LogP contribution in [0.2, 0.25) is 0 Å². The van der Waals surface area contributed by atoms with E-state index in [4.69, 9.17) is 0 Å². The standard InChI is InChI=1S/C25H26F4N2O3/c1-23(34,18-4-2-3-5-19(18)25(27,28)29)22(33)31-12-10-24(11-13-31)14-21(32)30-15-20(24)16-6-8-17(26)9-7-16/h2-9,20,34H,10-15H2,1H3,(H,30,32)/t20-,23-/m0/s1. The van der Waals surface area contributed by atoms with Gasteiger partial charge in [-0.1, -0.05) is 30.3 Å². The van der Waals surface area contributed by atoms with Gasteiger partial charge in [-0.05, 0) is 48.9 Å². The summed E-state index contributed by atoms with van der Waals surface area (Å²) in [6, 6.07) is 10.6. The van der Waals surface area contributed by atoms with Crippen LogP contribution in [0.25, 0.3) is 0 Å². The van der Waals surface area contributed by atoms with E-state index in [0.717, 1.165) is 24.6 Å². The molecule has 2 fully saturated rings. The van der Waals surface area contributed by atoms with E-state index < -0.39 is 34.2 Å². The maximum absolute atomic E-state index is 13.5. The number of amides is 2. The van der Waals surface area contributed by atoms with Crippen molar-refractivity contribution in [2.45, 2.75) is 43.9 Å². The van der Waals surface area contributed by atoms with Crippen LogP contribution in [-0.2, 0) is 21.4 Å². The zero-order valence-corrected chi connectivity index (χ0v) is 18.7. The molecule has 2 aromatic rings. The summed E-state index contributed by atoms with van der Waals surface area (Å²) in [5.41, 5.74) is -3.49. The van der Waals surface area contributed by atoms with Crippen LogP contribution in [0, 0.1) is 11.2 Å². The molecule has 0 aromatic heterocycles. The molecular weight excluding hydrogens is 452 g/mol. The average Bonchev–Trinajstić information content (AvgIpc) is 2.79. The Morgan fingerprint density at radius 2 is 1.65 bits per heavy atom. The first kappa shape index (κ1) is 24.2. The topological polar surface area (TPSA) is 69.6 Å². The fourth-order valence-corrected chi connectivity index (χ4v) is 5.36. The third-order valence-electron chi connectivity index (χ3n) is 7.25. The molecule has 0 aliphatic carbocycles. The third kappa shape index (κ3) is 4.41. The fourth-order valence-electron chi connectivity index (χ4n) is 5.36. The molecule has 1 spiro atoms. The van der Waals surface area contributed by atoms with E-state index in [1.54, 1.807) is 12.1 Å². The maximum Gasteiger partial charge on any atom is 0.416 e. The minimum absolute atomic E-state index is 0.0884. The van der Waals surface area contributed by atoms with Gasteiger partial charge in [-0.3, -0.25) is 9.59 Å². The predicted octanol–water partition coefficient (Wildman–Crippen LogP) is 3.96. The molecule has 34 heavy (non-hydrogen) atoms. The van der Waals surface area contributed by atoms with Gasteiger partial charge in [0, 0.05) is 37.5 Å². The average molecular weight is 478 g/mol. The second kappa shape index (κ2) is 8.69. The summed E-state index contributed by atoms with van der Waals surface area (Å²) >= 11 is 0. The molecule has 0 bridgehead atoms. The molecule has 2 heterocycles. The van der Waals surface area contributed by atoms with Gasteiger partial charge in [0.25, 0.3) is 5.91 Å². The zero-order valence-electron chi connectivity index (χ0n) is 18.7. The highest BCUT2D eigenvalue weighted by Gasteiger charge is 2.49. The quantitative estimate of drug-likeness (QED) is 0.657. The largest absolute Gasteiger partial charge is 0.416 e. The Kier molecular flexibility index (Phi) is 6.18. The van der Waals surface area contributed by atoms with Gasteiger partial charge in [0.05, 0.1) is 5.56 Å². The molecule has 9 heteroatoms. The van der Waals surface area contributed by atoms with Crippen LogP contribution in [0.4, 0.5) is 17.6 Å². The molecule has 2 saturated heterocycles. The highest BCUT2D eigenvalue weighted by atomic mass is 19.4. The van der Waals surface area contributed by atoms with Crippen LogP contribution in [0.1, 0.15) is 48.8 Å². The van der Waals surface area contributed by atoms with E-state index >= 15 is 0 Å². The lowest BCUT2D eigenvalue weighted by atomic mass is 9.62. The molecule has 0 unspecified atom stereocenters. The van der Waals surface area contributed by atoms with Gasteiger partial charge in [0.2, 0.25) is 5.91 Å². The first-order valence-electron chi connectivity index (χ1n) is 11.1. The minimum Gasteiger partial charge on any atom is -0.376 e. The van der Waals surface area contributed by atoms with E-state index in [1.807, 2.05) is 0 Å². The number of likely N-dealkylation sites (tertiary alicyclic amines) is 1. The van der Waals surface area contributed by atoms with Crippen LogP contribution >= 0.6 is 0 Å². The van der Waals surface area contributed by atoms with Gasteiger partial charge < -0.3 is 15.3 Å². The first-order valence-corrected chi connectivity index (χ1v) is 11.1. The predicted molar refractivity (Wildman–Crippen MR) is 116 cm³/mol. The van der Waals surface area contributed by atoms with E-state index in [-0.39, 0.29) is 37.2 Å². The lowest BCUT2D eigenvalue weighted by Crippen LogP contribution is -2.55. The van der Waals surface area contributed by atoms with Crippen molar-refractivity contribution < 1.29 is 32.3 Å². The zero-order chi connectivity index (χ0) is 24.7. The Balaban J connectivity index is 1.56. The highest BCUT2D eigenvalue weighted by Crippen LogP contribution is 2.49. The molecule has 182 valence electrons. The van der Waals surface area contributed by atoms with E-state index in [0.29, 0.717) is 19.4 Å². The van der Waals surface area contributed by atoms with Crippen molar-refractivity contribution >= 4 is 11.8 Å². The van der Waals surface area contributed by atoms with Crippen LogP contribution in [0.5, 0.6) is 0 Å². The van der Waals surface area contributed by atoms with Gasteiger partial charge in [-0.25, -0.2) is 4.39 Å². The number of aliphatic hydroxyl groups is 1. The summed E-state index contributed by atoms with van der Waals surface area (Å²) in [6.07, 6.45) is -3.61. The van der Waals surface area contributed by atoms with E-state index in [1.165, 1.54) is 29.2 Å². The second-order valence-corrected chi connectivity index (χ2v) is 9.36. The Labute approximate surface area is 194 Å². The number of rotatable bonds is 3. The van der Waals surface area contributed by atoms with Crippen LogP contribution in [0.15, 0.2) is 48.5 Å². The van der Waals surface area contributed by atoms with Gasteiger partial charge in [-0.2, -0.15) is 13.2 Å². The van der Waals surface area contributed by atoms with Gasteiger partial charge in [0.15, 0.2) is 5.60 Å². The molecule has 0 radical (unpaired) electrons. The van der Waals surface area contributed by atoms with Gasteiger partial charge in [0.1, 0.15) is 5.82 Å². The van der Waals surface area contributed by atoms with E-state index in [2.05, 4.69) is 5.32 Å². The Morgan fingerprint density at radius 3 is 2.24 bits per heavy atom. The number of carbonyl (C=O) groups excluding carboxylic acids is 2. The lowest BCUT2D eigenvalue weighted by molar-refractivity contribution is -0.156. The molecule has 2 aromatic carbocycles. The van der Waals surface area contributed by atoms with Crippen LogP contribution in [-0.4, -0.2) is 41.5 Å². The number of nitrogens with one attached hydrogen (secondary N) is 1. The second-order valence-electron chi connectivity index (χ2n) is 9.36. The third-order valence-corrected chi connectivity index (χ3v) is 7.25. The molecule has 2 amide bonds. The molecule has 2 aliphatic rings. The van der Waals surface area contributed by atoms with Crippen molar-refractivity contribution in [1.29, 1.82) is 0 Å². The summed E-state index contributed by atoms with van der Waals surface area (Å²) in [5.74, 6) is -1.36. The number of hydrogen-bond acceptors (Lipinski definition) is 3. The normalized spacial score (nSPS) is 22.2. The van der Waals surface area contributed by atoms with Gasteiger partial charge >= 0.3 is 6.18 Å². The molecule has 0 saturated carbocycles. The number of alkyl halides is 3. The Morgan fingerprint density at radius 1 is 1.06 bits per heavy atom. The number of benzene rings is 2. The Hall–Kier alpha value is -2.94. The van der Waals surface area contributed by atoms with Crippen LogP contribution < -0.4 is 5.32 Å². The maximum atomic E-state index is 13.5. The summed E-state index contributed by atoms with van der Waals surface area (Å²) in [5, 5.41) is 13.8. The summed E-state index contributed by atoms with van der Waals surface area (Å²) in [4.78, 5) is 26.8. The molecule has 2 N–H and O–H groups in total. The number of halogens is 4. The number of piperidine rings is 2. The minimum atomic E-state index is -4.72.